The molecule has 2 rings (SSSR count). The molecule has 112 valence electrons. The molecular weight excluding hydrogens is 264 g/mol. The van der Waals surface area contributed by atoms with Gasteiger partial charge in [-0.3, -0.25) is 4.79 Å². The van der Waals surface area contributed by atoms with Gasteiger partial charge in [-0.25, -0.2) is 4.98 Å². The summed E-state index contributed by atoms with van der Waals surface area (Å²) in [6.45, 7) is 5.40. The van der Waals surface area contributed by atoms with E-state index in [1.807, 2.05) is 6.92 Å². The highest BCUT2D eigenvalue weighted by Crippen LogP contribution is 2.08. The number of nitrogens with one attached hydrogen (secondary N) is 1. The Morgan fingerprint density at radius 3 is 3.00 bits per heavy atom. The summed E-state index contributed by atoms with van der Waals surface area (Å²) < 4.78 is 0. The monoisotopic (exact) mass is 286 g/mol. The van der Waals surface area contributed by atoms with Crippen molar-refractivity contribution in [3.63, 3.8) is 0 Å². The summed E-state index contributed by atoms with van der Waals surface area (Å²) in [5.41, 5.74) is 6.36. The largest absolute Gasteiger partial charge is 0.347 e. The molecule has 1 aromatic rings. The molecule has 0 radical (unpaired) electrons. The molecule has 5 nitrogen and oxygen atoms in total. The summed E-state index contributed by atoms with van der Waals surface area (Å²) >= 11 is 0. The first-order chi connectivity index (χ1) is 10.2. The van der Waals surface area contributed by atoms with Gasteiger partial charge in [-0.15, -0.1) is 0 Å². The molecule has 21 heavy (non-hydrogen) atoms. The lowest BCUT2D eigenvalue weighted by Crippen LogP contribution is -2.41. The predicted octanol–water partition coefficient (Wildman–Crippen LogP) is 0.606. The van der Waals surface area contributed by atoms with Gasteiger partial charge in [0, 0.05) is 18.8 Å². The smallest absolute Gasteiger partial charge is 0.271 e. The fraction of sp³-hybridized carbons (Fsp3) is 0.500. The molecule has 5 heteroatoms. The van der Waals surface area contributed by atoms with Crippen LogP contribution in [0.1, 0.15) is 35.8 Å². The normalized spacial score (nSPS) is 16.1. The number of nitrogens with zero attached hydrogens (tertiary/aromatic N) is 2. The van der Waals surface area contributed by atoms with Crippen LogP contribution in [-0.4, -0.2) is 48.0 Å². The third-order valence-corrected chi connectivity index (χ3v) is 3.46. The zero-order valence-electron chi connectivity index (χ0n) is 12.4. The molecule has 1 atom stereocenters. The average molecular weight is 286 g/mol. The van der Waals surface area contributed by atoms with Crippen molar-refractivity contribution >= 4 is 5.91 Å². The van der Waals surface area contributed by atoms with Gasteiger partial charge in [-0.1, -0.05) is 11.8 Å². The first kappa shape index (κ1) is 15.5. The number of pyridine rings is 1. The van der Waals surface area contributed by atoms with E-state index in [0.29, 0.717) is 11.3 Å². The Morgan fingerprint density at radius 1 is 1.52 bits per heavy atom. The maximum Gasteiger partial charge on any atom is 0.271 e. The van der Waals surface area contributed by atoms with Gasteiger partial charge < -0.3 is 16.0 Å². The lowest BCUT2D eigenvalue weighted by molar-refractivity contribution is 0.0926. The van der Waals surface area contributed by atoms with Crippen molar-refractivity contribution in [1.29, 1.82) is 0 Å². The Kier molecular flexibility index (Phi) is 5.73. The van der Waals surface area contributed by atoms with E-state index < -0.39 is 0 Å². The van der Waals surface area contributed by atoms with Gasteiger partial charge in [0.05, 0.1) is 12.1 Å². The SMILES string of the molecule is CC(CN1CCCC1)NC(=O)c1ncccc1C#CCN. The Balaban J connectivity index is 1.99. The molecule has 0 aliphatic carbocycles. The van der Waals surface area contributed by atoms with Gasteiger partial charge in [-0.05, 0) is 45.0 Å². The fourth-order valence-corrected chi connectivity index (χ4v) is 2.52. The lowest BCUT2D eigenvalue weighted by atomic mass is 10.1. The summed E-state index contributed by atoms with van der Waals surface area (Å²) in [5.74, 6) is 5.48. The van der Waals surface area contributed by atoms with Crippen LogP contribution in [0.3, 0.4) is 0 Å². The first-order valence-electron chi connectivity index (χ1n) is 7.38. The highest BCUT2D eigenvalue weighted by atomic mass is 16.1. The van der Waals surface area contributed by atoms with E-state index in [0.717, 1.165) is 19.6 Å². The summed E-state index contributed by atoms with van der Waals surface area (Å²) in [6.07, 6.45) is 4.10. The number of rotatable bonds is 4. The number of carbonyl (C=O) groups excluding carboxylic acids is 1. The highest BCUT2D eigenvalue weighted by molar-refractivity contribution is 5.94. The van der Waals surface area contributed by atoms with Gasteiger partial charge >= 0.3 is 0 Å². The molecule has 1 aromatic heterocycles. The van der Waals surface area contributed by atoms with E-state index in [1.54, 1.807) is 18.3 Å². The number of carbonyl (C=O) groups is 1. The second kappa shape index (κ2) is 7.77. The molecule has 1 aliphatic heterocycles. The van der Waals surface area contributed by atoms with E-state index >= 15 is 0 Å². The minimum absolute atomic E-state index is 0.0907. The molecule has 3 N–H and O–H groups in total. The molecule has 0 bridgehead atoms. The van der Waals surface area contributed by atoms with E-state index in [-0.39, 0.29) is 18.5 Å². The molecular formula is C16H22N4O. The molecule has 1 unspecified atom stereocenters. The minimum atomic E-state index is -0.177. The maximum absolute atomic E-state index is 12.3. The first-order valence-corrected chi connectivity index (χ1v) is 7.38. The van der Waals surface area contributed by atoms with Crippen LogP contribution in [0.15, 0.2) is 18.3 Å². The molecule has 0 aromatic carbocycles. The van der Waals surface area contributed by atoms with Crippen molar-refractivity contribution in [2.24, 2.45) is 5.73 Å². The topological polar surface area (TPSA) is 71.2 Å². The molecule has 1 aliphatic rings. The maximum atomic E-state index is 12.3. The van der Waals surface area contributed by atoms with Crippen LogP contribution in [0, 0.1) is 11.8 Å². The summed E-state index contributed by atoms with van der Waals surface area (Å²) in [7, 11) is 0. The predicted molar refractivity (Wildman–Crippen MR) is 82.8 cm³/mol. The molecule has 0 spiro atoms. The van der Waals surface area contributed by atoms with E-state index in [9.17, 15) is 4.79 Å². The van der Waals surface area contributed by atoms with Crippen molar-refractivity contribution in [2.45, 2.75) is 25.8 Å². The van der Waals surface area contributed by atoms with Gasteiger partial charge in [0.25, 0.3) is 5.91 Å². The standard InChI is InChI=1S/C16H22N4O/c1-13(12-20-10-2-3-11-20)19-16(21)15-14(6-4-8-17)7-5-9-18-15/h5,7,9,13H,2-3,8,10-12,17H2,1H3,(H,19,21). The van der Waals surface area contributed by atoms with Crippen LogP contribution in [0.25, 0.3) is 0 Å². The quantitative estimate of drug-likeness (QED) is 0.795. The Hall–Kier alpha value is -1.90. The molecule has 1 saturated heterocycles. The Morgan fingerprint density at radius 2 is 2.29 bits per heavy atom. The number of hydrogen-bond donors (Lipinski definition) is 2. The number of nitrogens with two attached hydrogens (primary N) is 1. The summed E-state index contributed by atoms with van der Waals surface area (Å²) in [4.78, 5) is 18.8. The van der Waals surface area contributed by atoms with Gasteiger partial charge in [-0.2, -0.15) is 0 Å². The van der Waals surface area contributed by atoms with Crippen LogP contribution < -0.4 is 11.1 Å². The van der Waals surface area contributed by atoms with E-state index in [1.165, 1.54) is 12.8 Å². The number of likely N-dealkylation sites (tertiary alicyclic amines) is 1. The van der Waals surface area contributed by atoms with Crippen molar-refractivity contribution in [3.05, 3.63) is 29.6 Å². The van der Waals surface area contributed by atoms with Crippen molar-refractivity contribution in [1.82, 2.24) is 15.2 Å². The number of hydrogen-bond acceptors (Lipinski definition) is 4. The average Bonchev–Trinajstić information content (AvgIpc) is 2.98. The van der Waals surface area contributed by atoms with Crippen LogP contribution in [0.5, 0.6) is 0 Å². The molecule has 0 saturated carbocycles. The van der Waals surface area contributed by atoms with Crippen LogP contribution >= 0.6 is 0 Å². The van der Waals surface area contributed by atoms with Gasteiger partial charge in [0.2, 0.25) is 0 Å². The zero-order valence-corrected chi connectivity index (χ0v) is 12.4. The van der Waals surface area contributed by atoms with Crippen molar-refractivity contribution in [3.8, 4) is 11.8 Å². The second-order valence-electron chi connectivity index (χ2n) is 5.29. The van der Waals surface area contributed by atoms with E-state index in [4.69, 9.17) is 5.73 Å². The summed E-state index contributed by atoms with van der Waals surface area (Å²) in [6, 6.07) is 3.65. The molecule has 1 fully saturated rings. The lowest BCUT2D eigenvalue weighted by Gasteiger charge is -2.21. The summed E-state index contributed by atoms with van der Waals surface area (Å²) in [5, 5.41) is 3.00. The second-order valence-corrected chi connectivity index (χ2v) is 5.29. The number of aromatic nitrogens is 1. The van der Waals surface area contributed by atoms with Crippen molar-refractivity contribution in [2.75, 3.05) is 26.2 Å². The fourth-order valence-electron chi connectivity index (χ4n) is 2.52. The van der Waals surface area contributed by atoms with Crippen LogP contribution in [0.4, 0.5) is 0 Å². The van der Waals surface area contributed by atoms with E-state index in [2.05, 4.69) is 27.0 Å². The van der Waals surface area contributed by atoms with Gasteiger partial charge in [0.1, 0.15) is 5.69 Å². The number of amides is 1. The zero-order chi connectivity index (χ0) is 15.1. The third-order valence-electron chi connectivity index (χ3n) is 3.46. The molecule has 1 amide bonds. The minimum Gasteiger partial charge on any atom is -0.347 e. The highest BCUT2D eigenvalue weighted by Gasteiger charge is 2.18. The van der Waals surface area contributed by atoms with Crippen LogP contribution in [-0.2, 0) is 0 Å². The van der Waals surface area contributed by atoms with Crippen molar-refractivity contribution < 1.29 is 4.79 Å². The van der Waals surface area contributed by atoms with Gasteiger partial charge in [0.15, 0.2) is 0 Å². The Bertz CT molecular complexity index is 541. The molecule has 2 heterocycles. The Labute approximate surface area is 125 Å². The third kappa shape index (κ3) is 4.55. The van der Waals surface area contributed by atoms with Crippen LogP contribution in [0.2, 0.25) is 0 Å².